The molecule has 11 heavy (non-hydrogen) atoms. The van der Waals surface area contributed by atoms with Gasteiger partial charge in [-0.05, 0) is 0 Å². The first-order chi connectivity index (χ1) is 5.08. The van der Waals surface area contributed by atoms with Crippen molar-refractivity contribution in [3.63, 3.8) is 0 Å². The summed E-state index contributed by atoms with van der Waals surface area (Å²) in [5.74, 6) is 0.778. The van der Waals surface area contributed by atoms with Gasteiger partial charge in [0.15, 0.2) is 5.17 Å². The molecular weight excluding hydrogens is 177 g/mol. The summed E-state index contributed by atoms with van der Waals surface area (Å²) in [5.41, 5.74) is 0. The van der Waals surface area contributed by atoms with E-state index >= 15 is 0 Å². The van der Waals surface area contributed by atoms with Crippen LogP contribution in [-0.4, -0.2) is 30.2 Å². The molecule has 1 aliphatic heterocycles. The van der Waals surface area contributed by atoms with E-state index in [0.717, 1.165) is 5.75 Å². The molecule has 2 nitrogen and oxygen atoms in total. The Bertz CT molecular complexity index is 166. The van der Waals surface area contributed by atoms with Crippen LogP contribution in [0.1, 0.15) is 0 Å². The zero-order valence-electron chi connectivity index (χ0n) is 5.61. The molecular formula is C5H7F3N2S. The average Bonchev–Trinajstić information content (AvgIpc) is 2.32. The summed E-state index contributed by atoms with van der Waals surface area (Å²) in [6, 6.07) is 0. The maximum Gasteiger partial charge on any atom is 0.405 e. The van der Waals surface area contributed by atoms with Crippen LogP contribution in [0.3, 0.4) is 0 Å². The average molecular weight is 184 g/mol. The SMILES string of the molecule is FC(F)(F)CNC1=NCCS1. The van der Waals surface area contributed by atoms with Crippen LogP contribution in [0.4, 0.5) is 13.2 Å². The molecule has 0 spiro atoms. The number of alkyl halides is 3. The summed E-state index contributed by atoms with van der Waals surface area (Å²) in [6.45, 7) is -0.371. The van der Waals surface area contributed by atoms with Crippen molar-refractivity contribution < 1.29 is 13.2 Å². The maximum atomic E-state index is 11.6. The molecule has 0 amide bonds. The lowest BCUT2D eigenvalue weighted by atomic mass is 10.6. The first kappa shape index (κ1) is 8.70. The van der Waals surface area contributed by atoms with Crippen molar-refractivity contribution in [2.24, 2.45) is 4.99 Å². The summed E-state index contributed by atoms with van der Waals surface area (Å²) in [6.07, 6.45) is -4.15. The number of hydrogen-bond acceptors (Lipinski definition) is 3. The van der Waals surface area contributed by atoms with Crippen molar-refractivity contribution >= 4 is 16.9 Å². The fourth-order valence-corrected chi connectivity index (χ4v) is 1.35. The minimum absolute atomic E-state index is 0.405. The Morgan fingerprint density at radius 2 is 2.27 bits per heavy atom. The fourth-order valence-electron chi connectivity index (χ4n) is 0.618. The van der Waals surface area contributed by atoms with Gasteiger partial charge in [-0.2, -0.15) is 13.2 Å². The van der Waals surface area contributed by atoms with E-state index in [9.17, 15) is 13.2 Å². The molecule has 0 saturated carbocycles. The molecule has 1 heterocycles. The molecule has 0 aromatic carbocycles. The Morgan fingerprint density at radius 1 is 1.55 bits per heavy atom. The van der Waals surface area contributed by atoms with Gasteiger partial charge in [0, 0.05) is 5.75 Å². The molecule has 0 unspecified atom stereocenters. The normalized spacial score (nSPS) is 18.3. The molecule has 64 valence electrons. The van der Waals surface area contributed by atoms with Crippen LogP contribution in [0.2, 0.25) is 0 Å². The lowest BCUT2D eigenvalue weighted by Crippen LogP contribution is -2.31. The Labute approximate surface area is 66.3 Å². The van der Waals surface area contributed by atoms with E-state index in [0.29, 0.717) is 11.7 Å². The van der Waals surface area contributed by atoms with Gasteiger partial charge in [-0.3, -0.25) is 4.99 Å². The maximum absolute atomic E-state index is 11.6. The minimum Gasteiger partial charge on any atom is -0.356 e. The highest BCUT2D eigenvalue weighted by molar-refractivity contribution is 8.14. The summed E-state index contributed by atoms with van der Waals surface area (Å²) in [5, 5.41) is 2.61. The number of thioether (sulfide) groups is 1. The zero-order chi connectivity index (χ0) is 8.32. The van der Waals surface area contributed by atoms with E-state index in [1.165, 1.54) is 11.8 Å². The highest BCUT2D eigenvalue weighted by atomic mass is 32.2. The second kappa shape index (κ2) is 3.34. The molecule has 6 heteroatoms. The van der Waals surface area contributed by atoms with Gasteiger partial charge >= 0.3 is 6.18 Å². The van der Waals surface area contributed by atoms with Crippen molar-refractivity contribution in [3.05, 3.63) is 0 Å². The third-order valence-corrected chi connectivity index (χ3v) is 1.96. The second-order valence-corrected chi connectivity index (χ2v) is 3.09. The van der Waals surface area contributed by atoms with E-state index in [1.54, 1.807) is 0 Å². The first-order valence-electron chi connectivity index (χ1n) is 3.06. The van der Waals surface area contributed by atoms with Crippen LogP contribution in [0, 0.1) is 0 Å². The van der Waals surface area contributed by atoms with Gasteiger partial charge in [0.05, 0.1) is 6.54 Å². The monoisotopic (exact) mass is 184 g/mol. The molecule has 0 aromatic heterocycles. The topological polar surface area (TPSA) is 24.4 Å². The lowest BCUT2D eigenvalue weighted by Gasteiger charge is -2.07. The molecule has 0 saturated heterocycles. The number of hydrogen-bond donors (Lipinski definition) is 1. The van der Waals surface area contributed by atoms with Crippen LogP contribution < -0.4 is 5.32 Å². The number of nitrogens with zero attached hydrogens (tertiary/aromatic N) is 1. The standard InChI is InChI=1S/C5H7F3N2S/c6-5(7,8)3-10-4-9-1-2-11-4/h1-3H2,(H,9,10). The highest BCUT2D eigenvalue weighted by Gasteiger charge is 2.27. The molecule has 0 aromatic rings. The second-order valence-electron chi connectivity index (χ2n) is 2.00. The first-order valence-corrected chi connectivity index (χ1v) is 4.04. The number of aliphatic imine (C=N–C) groups is 1. The molecule has 1 rings (SSSR count). The summed E-state index contributed by atoms with van der Waals surface area (Å²) < 4.78 is 34.7. The predicted molar refractivity (Wildman–Crippen MR) is 38.8 cm³/mol. The van der Waals surface area contributed by atoms with E-state index in [2.05, 4.69) is 10.3 Å². The predicted octanol–water partition coefficient (Wildman–Crippen LogP) is 1.24. The fraction of sp³-hybridized carbons (Fsp3) is 0.800. The van der Waals surface area contributed by atoms with E-state index in [1.807, 2.05) is 0 Å². The van der Waals surface area contributed by atoms with E-state index in [-0.39, 0.29) is 0 Å². The van der Waals surface area contributed by atoms with Gasteiger partial charge in [-0.25, -0.2) is 0 Å². The van der Waals surface area contributed by atoms with Crippen molar-refractivity contribution in [1.82, 2.24) is 5.32 Å². The van der Waals surface area contributed by atoms with Gasteiger partial charge in [-0.15, -0.1) is 0 Å². The largest absolute Gasteiger partial charge is 0.405 e. The van der Waals surface area contributed by atoms with Gasteiger partial charge in [-0.1, -0.05) is 11.8 Å². The number of nitrogens with one attached hydrogen (secondary N) is 1. The van der Waals surface area contributed by atoms with Gasteiger partial charge in [0.25, 0.3) is 0 Å². The summed E-state index contributed by atoms with van der Waals surface area (Å²) in [7, 11) is 0. The number of rotatable bonds is 1. The van der Waals surface area contributed by atoms with Crippen molar-refractivity contribution in [2.45, 2.75) is 6.18 Å². The van der Waals surface area contributed by atoms with Crippen LogP contribution in [0.5, 0.6) is 0 Å². The molecule has 0 fully saturated rings. The molecule has 0 aliphatic carbocycles. The Kier molecular flexibility index (Phi) is 2.64. The third kappa shape index (κ3) is 3.50. The molecule has 0 atom stereocenters. The molecule has 1 aliphatic rings. The molecule has 1 N–H and O–H groups in total. The van der Waals surface area contributed by atoms with E-state index < -0.39 is 12.7 Å². The highest BCUT2D eigenvalue weighted by Crippen LogP contribution is 2.14. The van der Waals surface area contributed by atoms with Crippen LogP contribution in [0.15, 0.2) is 4.99 Å². The lowest BCUT2D eigenvalue weighted by molar-refractivity contribution is -0.121. The van der Waals surface area contributed by atoms with E-state index in [4.69, 9.17) is 0 Å². The van der Waals surface area contributed by atoms with Crippen LogP contribution >= 0.6 is 11.8 Å². The van der Waals surface area contributed by atoms with Crippen LogP contribution in [0.25, 0.3) is 0 Å². The van der Waals surface area contributed by atoms with Gasteiger partial charge in [0.2, 0.25) is 0 Å². The Morgan fingerprint density at radius 3 is 2.73 bits per heavy atom. The molecule has 0 radical (unpaired) electrons. The van der Waals surface area contributed by atoms with Crippen molar-refractivity contribution in [3.8, 4) is 0 Å². The van der Waals surface area contributed by atoms with Crippen LogP contribution in [-0.2, 0) is 0 Å². The molecule has 0 bridgehead atoms. The number of halogens is 3. The van der Waals surface area contributed by atoms with Gasteiger partial charge < -0.3 is 5.32 Å². The zero-order valence-corrected chi connectivity index (χ0v) is 6.43. The summed E-state index contributed by atoms with van der Waals surface area (Å²) in [4.78, 5) is 3.81. The van der Waals surface area contributed by atoms with Crippen molar-refractivity contribution in [2.75, 3.05) is 18.8 Å². The minimum atomic E-state index is -4.15. The smallest absolute Gasteiger partial charge is 0.356 e. The quantitative estimate of drug-likeness (QED) is 0.663. The summed E-state index contributed by atoms with van der Waals surface area (Å²) >= 11 is 1.32. The Balaban J connectivity index is 2.22. The number of amidine groups is 1. The Hall–Kier alpha value is -0.390. The van der Waals surface area contributed by atoms with Gasteiger partial charge in [0.1, 0.15) is 6.54 Å². The third-order valence-electron chi connectivity index (χ3n) is 1.03. The van der Waals surface area contributed by atoms with Crippen molar-refractivity contribution in [1.29, 1.82) is 0 Å².